The van der Waals surface area contributed by atoms with Crippen LogP contribution in [0.25, 0.3) is 0 Å². The molecule has 0 aliphatic carbocycles. The lowest BCUT2D eigenvalue weighted by atomic mass is 9.87. The number of nitrogens with zero attached hydrogens (tertiary/aromatic N) is 1. The Morgan fingerprint density at radius 1 is 1.24 bits per heavy atom. The largest absolute Gasteiger partial charge is 0.381 e. The van der Waals surface area contributed by atoms with Crippen molar-refractivity contribution in [3.05, 3.63) is 0 Å². The minimum Gasteiger partial charge on any atom is -0.381 e. The summed E-state index contributed by atoms with van der Waals surface area (Å²) in [4.78, 5) is 2.46. The Balaban J connectivity index is 1.79. The second kappa shape index (κ2) is 6.14. The first-order chi connectivity index (χ1) is 8.28. The summed E-state index contributed by atoms with van der Waals surface area (Å²) in [7, 11) is 0. The first-order valence-corrected chi connectivity index (χ1v) is 6.81. The first kappa shape index (κ1) is 13.3. The summed E-state index contributed by atoms with van der Waals surface area (Å²) >= 11 is 0. The molecule has 0 amide bonds. The SMILES string of the molecule is CCOC(CN1CC[C@]2(CCOC2)C1)OCC. The summed E-state index contributed by atoms with van der Waals surface area (Å²) in [5, 5.41) is 0. The lowest BCUT2D eigenvalue weighted by molar-refractivity contribution is -0.146. The zero-order chi connectivity index (χ0) is 12.1. The molecule has 2 rings (SSSR count). The number of likely N-dealkylation sites (tertiary alicyclic amines) is 1. The molecule has 2 saturated heterocycles. The normalized spacial score (nSPS) is 29.8. The molecule has 0 saturated carbocycles. The predicted octanol–water partition coefficient (Wildman–Crippen LogP) is 1.50. The maximum Gasteiger partial charge on any atom is 0.170 e. The van der Waals surface area contributed by atoms with Gasteiger partial charge in [0.05, 0.1) is 6.61 Å². The van der Waals surface area contributed by atoms with Crippen molar-refractivity contribution < 1.29 is 14.2 Å². The van der Waals surface area contributed by atoms with Gasteiger partial charge in [-0.3, -0.25) is 4.90 Å². The Bertz CT molecular complexity index is 223. The van der Waals surface area contributed by atoms with Gasteiger partial charge in [0.25, 0.3) is 0 Å². The fourth-order valence-corrected chi connectivity index (χ4v) is 2.89. The molecule has 2 aliphatic rings. The zero-order valence-electron chi connectivity index (χ0n) is 11.1. The molecule has 2 aliphatic heterocycles. The zero-order valence-corrected chi connectivity index (χ0v) is 11.1. The van der Waals surface area contributed by atoms with Crippen LogP contribution in [0.2, 0.25) is 0 Å². The molecule has 0 radical (unpaired) electrons. The molecule has 0 aromatic rings. The van der Waals surface area contributed by atoms with Gasteiger partial charge in [-0.2, -0.15) is 0 Å². The smallest absolute Gasteiger partial charge is 0.170 e. The average molecular weight is 243 g/mol. The van der Waals surface area contributed by atoms with Crippen molar-refractivity contribution in [3.63, 3.8) is 0 Å². The molecule has 0 aromatic carbocycles. The fraction of sp³-hybridized carbons (Fsp3) is 1.00. The summed E-state index contributed by atoms with van der Waals surface area (Å²) in [6.07, 6.45) is 2.41. The number of ether oxygens (including phenoxy) is 3. The van der Waals surface area contributed by atoms with Gasteiger partial charge in [-0.05, 0) is 33.2 Å². The second-order valence-electron chi connectivity index (χ2n) is 5.13. The van der Waals surface area contributed by atoms with Gasteiger partial charge in [-0.1, -0.05) is 0 Å². The van der Waals surface area contributed by atoms with Gasteiger partial charge >= 0.3 is 0 Å². The molecule has 4 heteroatoms. The topological polar surface area (TPSA) is 30.9 Å². The highest BCUT2D eigenvalue weighted by Gasteiger charge is 2.41. The van der Waals surface area contributed by atoms with Crippen LogP contribution < -0.4 is 0 Å². The van der Waals surface area contributed by atoms with E-state index in [0.29, 0.717) is 18.6 Å². The molecule has 2 heterocycles. The van der Waals surface area contributed by atoms with E-state index in [4.69, 9.17) is 14.2 Å². The molecular formula is C13H25NO3. The van der Waals surface area contributed by atoms with E-state index in [-0.39, 0.29) is 6.29 Å². The van der Waals surface area contributed by atoms with Gasteiger partial charge in [0, 0.05) is 38.3 Å². The summed E-state index contributed by atoms with van der Waals surface area (Å²) in [5.41, 5.74) is 0.434. The minimum absolute atomic E-state index is 0.0672. The van der Waals surface area contributed by atoms with Gasteiger partial charge in [0.15, 0.2) is 6.29 Å². The molecule has 17 heavy (non-hydrogen) atoms. The van der Waals surface area contributed by atoms with E-state index in [1.54, 1.807) is 0 Å². The van der Waals surface area contributed by atoms with E-state index >= 15 is 0 Å². The van der Waals surface area contributed by atoms with E-state index in [1.807, 2.05) is 13.8 Å². The molecule has 0 unspecified atom stereocenters. The van der Waals surface area contributed by atoms with Crippen molar-refractivity contribution in [2.24, 2.45) is 5.41 Å². The van der Waals surface area contributed by atoms with Gasteiger partial charge < -0.3 is 14.2 Å². The minimum atomic E-state index is -0.0672. The van der Waals surface area contributed by atoms with Crippen LogP contribution in [0.4, 0.5) is 0 Å². The van der Waals surface area contributed by atoms with Crippen LogP contribution in [0.15, 0.2) is 0 Å². The monoisotopic (exact) mass is 243 g/mol. The third-order valence-corrected chi connectivity index (χ3v) is 3.81. The molecular weight excluding hydrogens is 218 g/mol. The van der Waals surface area contributed by atoms with Crippen molar-refractivity contribution in [1.82, 2.24) is 4.90 Å². The second-order valence-corrected chi connectivity index (χ2v) is 5.13. The summed E-state index contributed by atoms with van der Waals surface area (Å²) in [6.45, 7) is 10.5. The third kappa shape index (κ3) is 3.41. The maximum absolute atomic E-state index is 5.60. The number of rotatable bonds is 6. The Labute approximate surface area is 104 Å². The van der Waals surface area contributed by atoms with E-state index in [9.17, 15) is 0 Å². The highest BCUT2D eigenvalue weighted by molar-refractivity contribution is 4.92. The lowest BCUT2D eigenvalue weighted by Gasteiger charge is -2.25. The Morgan fingerprint density at radius 2 is 2.00 bits per heavy atom. The van der Waals surface area contributed by atoms with Crippen LogP contribution >= 0.6 is 0 Å². The van der Waals surface area contributed by atoms with Crippen LogP contribution in [0, 0.1) is 5.41 Å². The highest BCUT2D eigenvalue weighted by Crippen LogP contribution is 2.38. The predicted molar refractivity (Wildman–Crippen MR) is 66.0 cm³/mol. The van der Waals surface area contributed by atoms with Crippen molar-refractivity contribution in [1.29, 1.82) is 0 Å². The van der Waals surface area contributed by atoms with Gasteiger partial charge in [-0.25, -0.2) is 0 Å². The summed E-state index contributed by atoms with van der Waals surface area (Å²) < 4.78 is 16.7. The first-order valence-electron chi connectivity index (χ1n) is 6.81. The molecule has 4 nitrogen and oxygen atoms in total. The van der Waals surface area contributed by atoms with E-state index in [0.717, 1.165) is 32.8 Å². The van der Waals surface area contributed by atoms with Crippen molar-refractivity contribution in [2.45, 2.75) is 33.0 Å². The van der Waals surface area contributed by atoms with Crippen molar-refractivity contribution in [2.75, 3.05) is 46.1 Å². The molecule has 2 fully saturated rings. The fourth-order valence-electron chi connectivity index (χ4n) is 2.89. The van der Waals surface area contributed by atoms with Gasteiger partial charge in [0.1, 0.15) is 0 Å². The standard InChI is InChI=1S/C13H25NO3/c1-3-16-12(17-4-2)9-14-7-5-13(10-14)6-8-15-11-13/h12H,3-11H2,1-2H3/t13-/m0/s1. The molecule has 1 atom stereocenters. The van der Waals surface area contributed by atoms with E-state index < -0.39 is 0 Å². The molecule has 1 spiro atoms. The molecule has 0 bridgehead atoms. The Morgan fingerprint density at radius 3 is 2.59 bits per heavy atom. The molecule has 0 N–H and O–H groups in total. The van der Waals surface area contributed by atoms with Crippen LogP contribution in [0.1, 0.15) is 26.7 Å². The van der Waals surface area contributed by atoms with E-state index in [1.165, 1.54) is 12.8 Å². The third-order valence-electron chi connectivity index (χ3n) is 3.81. The number of hydrogen-bond acceptors (Lipinski definition) is 4. The van der Waals surface area contributed by atoms with Gasteiger partial charge in [-0.15, -0.1) is 0 Å². The van der Waals surface area contributed by atoms with Crippen molar-refractivity contribution in [3.8, 4) is 0 Å². The van der Waals surface area contributed by atoms with E-state index in [2.05, 4.69) is 4.90 Å². The lowest BCUT2D eigenvalue weighted by Crippen LogP contribution is -2.36. The highest BCUT2D eigenvalue weighted by atomic mass is 16.7. The molecule has 0 aromatic heterocycles. The average Bonchev–Trinajstić information content (AvgIpc) is 2.91. The maximum atomic E-state index is 5.60. The van der Waals surface area contributed by atoms with Gasteiger partial charge in [0.2, 0.25) is 0 Å². The number of hydrogen-bond donors (Lipinski definition) is 0. The van der Waals surface area contributed by atoms with Crippen LogP contribution in [-0.4, -0.2) is 57.3 Å². The van der Waals surface area contributed by atoms with Crippen LogP contribution in [-0.2, 0) is 14.2 Å². The molecule has 100 valence electrons. The van der Waals surface area contributed by atoms with Crippen molar-refractivity contribution >= 4 is 0 Å². The summed E-state index contributed by atoms with van der Waals surface area (Å²) in [6, 6.07) is 0. The summed E-state index contributed by atoms with van der Waals surface area (Å²) in [5.74, 6) is 0. The Hall–Kier alpha value is -0.160. The quantitative estimate of drug-likeness (QED) is 0.662. The van der Waals surface area contributed by atoms with Crippen LogP contribution in [0.3, 0.4) is 0 Å². The Kier molecular flexibility index (Phi) is 4.79. The van der Waals surface area contributed by atoms with Crippen LogP contribution in [0.5, 0.6) is 0 Å².